The number of aryl methyl sites for hydroxylation is 2. The van der Waals surface area contributed by atoms with Crippen LogP contribution < -0.4 is 0 Å². The highest BCUT2D eigenvalue weighted by atomic mass is 79.9. The third kappa shape index (κ3) is 4.28. The summed E-state index contributed by atoms with van der Waals surface area (Å²) in [7, 11) is 3.84. The minimum atomic E-state index is -0.643. The highest BCUT2D eigenvalue weighted by Gasteiger charge is 2.45. The number of likely N-dealkylation sites (N-methyl/N-ethyl adjacent to an activating group) is 1. The largest absolute Gasteiger partial charge is 0.507 e. The van der Waals surface area contributed by atoms with Crippen LogP contribution in [0.1, 0.15) is 28.3 Å². The predicted octanol–water partition coefficient (Wildman–Crippen LogP) is 4.05. The van der Waals surface area contributed by atoms with Crippen molar-refractivity contribution in [1.29, 1.82) is 0 Å². The Morgan fingerprint density at radius 2 is 1.76 bits per heavy atom. The highest BCUT2D eigenvalue weighted by Crippen LogP contribution is 2.40. The van der Waals surface area contributed by atoms with Gasteiger partial charge in [-0.1, -0.05) is 45.8 Å². The summed E-state index contributed by atoms with van der Waals surface area (Å²) in [5, 5.41) is 11.2. The standard InChI is InChI=1S/C23H25BrN2O3/c1-14-5-6-15(2)18(13-14)21(27)19-20(16-7-9-17(24)10-8-16)26(12-11-25(3)4)23(29)22(19)28/h5-10,13,20,27H,11-12H2,1-4H3/b21-19+. The third-order valence-electron chi connectivity index (χ3n) is 5.16. The lowest BCUT2D eigenvalue weighted by molar-refractivity contribution is -0.140. The van der Waals surface area contributed by atoms with E-state index >= 15 is 0 Å². The van der Waals surface area contributed by atoms with Crippen molar-refractivity contribution in [2.75, 3.05) is 27.2 Å². The summed E-state index contributed by atoms with van der Waals surface area (Å²) in [6, 6.07) is 12.6. The van der Waals surface area contributed by atoms with E-state index in [1.165, 1.54) is 0 Å². The van der Waals surface area contributed by atoms with Gasteiger partial charge in [0.1, 0.15) is 5.76 Å². The van der Waals surface area contributed by atoms with Gasteiger partial charge in [-0.3, -0.25) is 9.59 Å². The van der Waals surface area contributed by atoms with E-state index in [0.29, 0.717) is 18.7 Å². The van der Waals surface area contributed by atoms with Crippen LogP contribution in [0.4, 0.5) is 0 Å². The Morgan fingerprint density at radius 1 is 1.10 bits per heavy atom. The number of Topliss-reactive ketones (excluding diaryl/α,β-unsaturated/α-hetero) is 1. The van der Waals surface area contributed by atoms with E-state index in [4.69, 9.17) is 0 Å². The van der Waals surface area contributed by atoms with Gasteiger partial charge in [0.15, 0.2) is 0 Å². The fourth-order valence-electron chi connectivity index (χ4n) is 3.55. The molecule has 1 saturated heterocycles. The zero-order valence-electron chi connectivity index (χ0n) is 17.1. The van der Waals surface area contributed by atoms with E-state index in [9.17, 15) is 14.7 Å². The van der Waals surface area contributed by atoms with Crippen LogP contribution in [0.25, 0.3) is 5.76 Å². The Labute approximate surface area is 179 Å². The number of carbonyl (C=O) groups is 2. The maximum Gasteiger partial charge on any atom is 0.295 e. The molecule has 3 rings (SSSR count). The average molecular weight is 457 g/mol. The molecule has 6 heteroatoms. The molecule has 1 fully saturated rings. The molecule has 152 valence electrons. The summed E-state index contributed by atoms with van der Waals surface area (Å²) in [6.45, 7) is 4.81. The molecule has 0 aromatic heterocycles. The summed E-state index contributed by atoms with van der Waals surface area (Å²) in [6.07, 6.45) is 0. The molecule has 2 aromatic rings. The number of hydrogen-bond donors (Lipinski definition) is 1. The number of hydrogen-bond acceptors (Lipinski definition) is 4. The molecule has 1 atom stereocenters. The quantitative estimate of drug-likeness (QED) is 0.418. The monoisotopic (exact) mass is 456 g/mol. The average Bonchev–Trinajstić information content (AvgIpc) is 2.93. The molecule has 1 heterocycles. The van der Waals surface area contributed by atoms with Gasteiger partial charge in [-0.05, 0) is 57.3 Å². The molecule has 0 bridgehead atoms. The van der Waals surface area contributed by atoms with E-state index in [2.05, 4.69) is 15.9 Å². The van der Waals surface area contributed by atoms with E-state index < -0.39 is 17.7 Å². The number of amides is 1. The van der Waals surface area contributed by atoms with Crippen LogP contribution in [0.3, 0.4) is 0 Å². The molecular weight excluding hydrogens is 432 g/mol. The summed E-state index contributed by atoms with van der Waals surface area (Å²) in [5.41, 5.74) is 3.34. The number of aliphatic hydroxyl groups excluding tert-OH is 1. The Morgan fingerprint density at radius 3 is 2.38 bits per heavy atom. The van der Waals surface area contributed by atoms with Crippen LogP contribution >= 0.6 is 15.9 Å². The van der Waals surface area contributed by atoms with Gasteiger partial charge in [-0.2, -0.15) is 0 Å². The molecular formula is C23H25BrN2O3. The van der Waals surface area contributed by atoms with Gasteiger partial charge in [0.2, 0.25) is 0 Å². The third-order valence-corrected chi connectivity index (χ3v) is 5.69. The lowest BCUT2D eigenvalue weighted by Crippen LogP contribution is -2.35. The van der Waals surface area contributed by atoms with Crippen molar-refractivity contribution in [2.45, 2.75) is 19.9 Å². The van der Waals surface area contributed by atoms with Crippen molar-refractivity contribution in [3.8, 4) is 0 Å². The number of benzene rings is 2. The maximum atomic E-state index is 13.0. The first-order chi connectivity index (χ1) is 13.7. The van der Waals surface area contributed by atoms with E-state index in [1.807, 2.05) is 75.3 Å². The normalized spacial score (nSPS) is 18.7. The topological polar surface area (TPSA) is 60.9 Å². The fraction of sp³-hybridized carbons (Fsp3) is 0.304. The van der Waals surface area contributed by atoms with Crippen LogP contribution in [0.15, 0.2) is 52.5 Å². The smallest absolute Gasteiger partial charge is 0.295 e. The summed E-state index contributed by atoms with van der Waals surface area (Å²) in [5.74, 6) is -1.34. The second-order valence-electron chi connectivity index (χ2n) is 7.67. The molecule has 1 N–H and O–H groups in total. The minimum Gasteiger partial charge on any atom is -0.507 e. The number of rotatable bonds is 5. The Hall–Kier alpha value is -2.44. The number of carbonyl (C=O) groups excluding carboxylic acids is 2. The highest BCUT2D eigenvalue weighted by molar-refractivity contribution is 9.10. The van der Waals surface area contributed by atoms with E-state index in [1.54, 1.807) is 4.90 Å². The number of aliphatic hydroxyl groups is 1. The Bertz CT molecular complexity index is 980. The Balaban J connectivity index is 2.19. The first-order valence-corrected chi connectivity index (χ1v) is 10.3. The van der Waals surface area contributed by atoms with Gasteiger partial charge < -0.3 is 14.9 Å². The Kier molecular flexibility index (Phi) is 6.24. The van der Waals surface area contributed by atoms with Gasteiger partial charge >= 0.3 is 0 Å². The molecule has 1 aliphatic rings. The van der Waals surface area contributed by atoms with Gasteiger partial charge in [0, 0.05) is 23.1 Å². The van der Waals surface area contributed by atoms with Crippen molar-refractivity contribution in [2.24, 2.45) is 0 Å². The lowest BCUT2D eigenvalue weighted by Gasteiger charge is -2.26. The molecule has 1 unspecified atom stereocenters. The summed E-state index contributed by atoms with van der Waals surface area (Å²) >= 11 is 3.43. The molecule has 1 amide bonds. The number of likely N-dealkylation sites (tertiary alicyclic amines) is 1. The van der Waals surface area contributed by atoms with E-state index in [-0.39, 0.29) is 11.3 Å². The number of nitrogens with zero attached hydrogens (tertiary/aromatic N) is 2. The van der Waals surface area contributed by atoms with Crippen LogP contribution in [-0.2, 0) is 9.59 Å². The minimum absolute atomic E-state index is 0.121. The molecule has 5 nitrogen and oxygen atoms in total. The van der Waals surface area contributed by atoms with Gasteiger partial charge in [-0.15, -0.1) is 0 Å². The zero-order chi connectivity index (χ0) is 21.3. The number of halogens is 1. The molecule has 2 aromatic carbocycles. The summed E-state index contributed by atoms with van der Waals surface area (Å²) in [4.78, 5) is 29.4. The van der Waals surface area contributed by atoms with Crippen molar-refractivity contribution >= 4 is 33.4 Å². The predicted molar refractivity (Wildman–Crippen MR) is 118 cm³/mol. The molecule has 0 spiro atoms. The first kappa shape index (κ1) is 21.3. The SMILES string of the molecule is Cc1ccc(C)c(/C(O)=C2\C(=O)C(=O)N(CCN(C)C)C2c2ccc(Br)cc2)c1. The van der Waals surface area contributed by atoms with Crippen molar-refractivity contribution in [3.63, 3.8) is 0 Å². The first-order valence-electron chi connectivity index (χ1n) is 9.47. The van der Waals surface area contributed by atoms with Gasteiger partial charge in [0.25, 0.3) is 11.7 Å². The molecule has 1 aliphatic heterocycles. The lowest BCUT2D eigenvalue weighted by atomic mass is 9.93. The van der Waals surface area contributed by atoms with Crippen molar-refractivity contribution in [3.05, 3.63) is 74.8 Å². The number of ketones is 1. The second-order valence-corrected chi connectivity index (χ2v) is 8.58. The van der Waals surface area contributed by atoms with Crippen LogP contribution in [0.5, 0.6) is 0 Å². The van der Waals surface area contributed by atoms with Crippen molar-refractivity contribution < 1.29 is 14.7 Å². The molecule has 0 aliphatic carbocycles. The zero-order valence-corrected chi connectivity index (χ0v) is 18.7. The van der Waals surface area contributed by atoms with Crippen LogP contribution in [-0.4, -0.2) is 53.8 Å². The maximum absolute atomic E-state index is 13.0. The van der Waals surface area contributed by atoms with Crippen LogP contribution in [0, 0.1) is 13.8 Å². The van der Waals surface area contributed by atoms with Crippen LogP contribution in [0.2, 0.25) is 0 Å². The fourth-order valence-corrected chi connectivity index (χ4v) is 3.81. The van der Waals surface area contributed by atoms with Crippen molar-refractivity contribution in [1.82, 2.24) is 9.80 Å². The second kappa shape index (κ2) is 8.51. The van der Waals surface area contributed by atoms with E-state index in [0.717, 1.165) is 21.2 Å². The summed E-state index contributed by atoms with van der Waals surface area (Å²) < 4.78 is 0.904. The van der Waals surface area contributed by atoms with Gasteiger partial charge in [0.05, 0.1) is 11.6 Å². The van der Waals surface area contributed by atoms with Gasteiger partial charge in [-0.25, -0.2) is 0 Å². The molecule has 0 radical (unpaired) electrons. The molecule has 0 saturated carbocycles. The molecule has 29 heavy (non-hydrogen) atoms.